The Morgan fingerprint density at radius 3 is 2.62 bits per heavy atom. The maximum absolute atomic E-state index is 13.0. The van der Waals surface area contributed by atoms with Gasteiger partial charge in [-0.25, -0.2) is 14.4 Å². The summed E-state index contributed by atoms with van der Waals surface area (Å²) < 4.78 is 13.0. The van der Waals surface area contributed by atoms with E-state index in [-0.39, 0.29) is 5.02 Å². The first kappa shape index (κ1) is 10.8. The monoisotopic (exact) mass is 237 g/mol. The maximum Gasteiger partial charge on any atom is 0.161 e. The van der Waals surface area contributed by atoms with E-state index in [9.17, 15) is 4.39 Å². The molecule has 0 bridgehead atoms. The maximum atomic E-state index is 13.0. The van der Waals surface area contributed by atoms with Crippen molar-refractivity contribution in [1.82, 2.24) is 9.97 Å². The van der Waals surface area contributed by atoms with E-state index >= 15 is 0 Å². The van der Waals surface area contributed by atoms with Gasteiger partial charge >= 0.3 is 0 Å². The molecule has 0 amide bonds. The van der Waals surface area contributed by atoms with E-state index in [1.54, 1.807) is 12.1 Å². The molecule has 0 fully saturated rings. The van der Waals surface area contributed by atoms with Gasteiger partial charge in [-0.1, -0.05) is 11.6 Å². The third-order valence-electron chi connectivity index (χ3n) is 2.05. The fourth-order valence-electron chi connectivity index (χ4n) is 1.36. The first-order valence-electron chi connectivity index (χ1n) is 4.63. The van der Waals surface area contributed by atoms with Gasteiger partial charge in [-0.15, -0.1) is 0 Å². The molecular weight excluding hydrogens is 229 g/mol. The lowest BCUT2D eigenvalue weighted by Gasteiger charge is -2.03. The van der Waals surface area contributed by atoms with Crippen molar-refractivity contribution in [1.29, 1.82) is 0 Å². The molecule has 5 heteroatoms. The molecule has 16 heavy (non-hydrogen) atoms. The van der Waals surface area contributed by atoms with Crippen molar-refractivity contribution < 1.29 is 4.39 Å². The summed E-state index contributed by atoms with van der Waals surface area (Å²) in [6, 6.07) is 5.98. The molecular formula is C11H9ClFN3. The number of aryl methyl sites for hydroxylation is 1. The lowest BCUT2D eigenvalue weighted by atomic mass is 10.2. The van der Waals surface area contributed by atoms with Crippen LogP contribution in [-0.4, -0.2) is 9.97 Å². The molecule has 0 atom stereocenters. The number of nitrogens with zero attached hydrogens (tertiary/aromatic N) is 2. The van der Waals surface area contributed by atoms with Crippen LogP contribution in [0.25, 0.3) is 11.4 Å². The minimum atomic E-state index is -0.467. The van der Waals surface area contributed by atoms with Gasteiger partial charge < -0.3 is 5.73 Å². The second-order valence-electron chi connectivity index (χ2n) is 3.39. The van der Waals surface area contributed by atoms with E-state index in [2.05, 4.69) is 9.97 Å². The van der Waals surface area contributed by atoms with Crippen molar-refractivity contribution in [2.24, 2.45) is 0 Å². The van der Waals surface area contributed by atoms with E-state index in [1.165, 1.54) is 12.1 Å². The Morgan fingerprint density at radius 2 is 2.00 bits per heavy atom. The minimum absolute atomic E-state index is 0.0428. The molecule has 3 nitrogen and oxygen atoms in total. The fourth-order valence-corrected chi connectivity index (χ4v) is 1.54. The zero-order valence-electron chi connectivity index (χ0n) is 8.54. The first-order chi connectivity index (χ1) is 7.56. The number of nitrogen functional groups attached to an aromatic ring is 1. The lowest BCUT2D eigenvalue weighted by molar-refractivity contribution is 0.628. The Kier molecular flexibility index (Phi) is 2.75. The summed E-state index contributed by atoms with van der Waals surface area (Å²) in [5.74, 6) is 0.355. The van der Waals surface area contributed by atoms with Crippen LogP contribution in [0.2, 0.25) is 5.02 Å². The zero-order valence-corrected chi connectivity index (χ0v) is 9.29. The average molecular weight is 238 g/mol. The highest BCUT2D eigenvalue weighted by Gasteiger charge is 2.06. The van der Waals surface area contributed by atoms with E-state index in [0.29, 0.717) is 17.2 Å². The molecule has 1 aromatic heterocycles. The van der Waals surface area contributed by atoms with Crippen LogP contribution >= 0.6 is 11.6 Å². The van der Waals surface area contributed by atoms with Gasteiger partial charge in [-0.2, -0.15) is 0 Å². The molecule has 1 aromatic carbocycles. The van der Waals surface area contributed by atoms with Gasteiger partial charge in [-0.05, 0) is 25.1 Å². The fraction of sp³-hybridized carbons (Fsp3) is 0.0909. The van der Waals surface area contributed by atoms with E-state index < -0.39 is 5.82 Å². The van der Waals surface area contributed by atoms with Crippen LogP contribution in [0.3, 0.4) is 0 Å². The average Bonchev–Trinajstić information content (AvgIpc) is 2.20. The van der Waals surface area contributed by atoms with Gasteiger partial charge in [0.2, 0.25) is 0 Å². The van der Waals surface area contributed by atoms with Crippen LogP contribution in [0, 0.1) is 12.7 Å². The van der Waals surface area contributed by atoms with Crippen LogP contribution in [0.1, 0.15) is 5.69 Å². The van der Waals surface area contributed by atoms with Crippen molar-refractivity contribution in [2.45, 2.75) is 6.92 Å². The second kappa shape index (κ2) is 4.06. The summed E-state index contributed by atoms with van der Waals surface area (Å²) in [4.78, 5) is 8.26. The number of hydrogen-bond donors (Lipinski definition) is 1. The smallest absolute Gasteiger partial charge is 0.161 e. The third-order valence-corrected chi connectivity index (χ3v) is 2.34. The van der Waals surface area contributed by atoms with Gasteiger partial charge in [0.1, 0.15) is 11.6 Å². The Morgan fingerprint density at radius 1 is 1.25 bits per heavy atom. The number of halogens is 2. The Balaban J connectivity index is 2.54. The van der Waals surface area contributed by atoms with Gasteiger partial charge in [-0.3, -0.25) is 0 Å². The normalized spacial score (nSPS) is 10.4. The predicted molar refractivity (Wildman–Crippen MR) is 61.6 cm³/mol. The van der Waals surface area contributed by atoms with Crippen molar-refractivity contribution in [3.8, 4) is 11.4 Å². The number of hydrogen-bond acceptors (Lipinski definition) is 3. The Bertz CT molecular complexity index is 522. The van der Waals surface area contributed by atoms with Crippen LogP contribution in [0.15, 0.2) is 24.3 Å². The zero-order chi connectivity index (χ0) is 11.7. The van der Waals surface area contributed by atoms with E-state index in [1.807, 2.05) is 6.92 Å². The summed E-state index contributed by atoms with van der Waals surface area (Å²) in [5, 5.41) is 0.0428. The highest BCUT2D eigenvalue weighted by atomic mass is 35.5. The number of rotatable bonds is 1. The van der Waals surface area contributed by atoms with E-state index in [0.717, 1.165) is 5.69 Å². The van der Waals surface area contributed by atoms with Gasteiger partial charge in [0.25, 0.3) is 0 Å². The molecule has 0 radical (unpaired) electrons. The molecule has 0 aliphatic heterocycles. The summed E-state index contributed by atoms with van der Waals surface area (Å²) >= 11 is 5.68. The largest absolute Gasteiger partial charge is 0.384 e. The predicted octanol–water partition coefficient (Wildman–Crippen LogP) is 2.83. The number of aromatic nitrogens is 2. The number of benzene rings is 1. The van der Waals surface area contributed by atoms with Crippen molar-refractivity contribution in [2.75, 3.05) is 5.73 Å². The first-order valence-corrected chi connectivity index (χ1v) is 5.00. The summed E-state index contributed by atoms with van der Waals surface area (Å²) in [6.07, 6.45) is 0. The lowest BCUT2D eigenvalue weighted by Crippen LogP contribution is -1.97. The number of anilines is 1. The van der Waals surface area contributed by atoms with Crippen LogP contribution in [0.5, 0.6) is 0 Å². The third kappa shape index (κ3) is 2.12. The molecule has 0 saturated heterocycles. The van der Waals surface area contributed by atoms with E-state index in [4.69, 9.17) is 17.3 Å². The molecule has 2 N–H and O–H groups in total. The molecule has 82 valence electrons. The van der Waals surface area contributed by atoms with Crippen molar-refractivity contribution >= 4 is 17.4 Å². The molecule has 2 rings (SSSR count). The van der Waals surface area contributed by atoms with Crippen molar-refractivity contribution in [3.05, 3.63) is 40.8 Å². The summed E-state index contributed by atoms with van der Waals surface area (Å²) in [6.45, 7) is 1.81. The van der Waals surface area contributed by atoms with Crippen LogP contribution in [-0.2, 0) is 0 Å². The highest BCUT2D eigenvalue weighted by molar-refractivity contribution is 6.31. The molecule has 0 spiro atoms. The topological polar surface area (TPSA) is 51.8 Å². The highest BCUT2D eigenvalue weighted by Crippen LogP contribution is 2.23. The van der Waals surface area contributed by atoms with Crippen molar-refractivity contribution in [3.63, 3.8) is 0 Å². The van der Waals surface area contributed by atoms with Crippen LogP contribution < -0.4 is 5.73 Å². The summed E-state index contributed by atoms with van der Waals surface area (Å²) in [7, 11) is 0. The second-order valence-corrected chi connectivity index (χ2v) is 3.79. The number of nitrogens with two attached hydrogens (primary N) is 1. The molecule has 0 aliphatic carbocycles. The molecule has 1 heterocycles. The molecule has 0 aliphatic rings. The Labute approximate surface area is 97.1 Å². The van der Waals surface area contributed by atoms with Gasteiger partial charge in [0.15, 0.2) is 5.82 Å². The summed E-state index contributed by atoms with van der Waals surface area (Å²) in [5.41, 5.74) is 7.00. The minimum Gasteiger partial charge on any atom is -0.384 e. The Hall–Kier alpha value is -1.68. The SMILES string of the molecule is Cc1cc(N)nc(-c2ccc(F)c(Cl)c2)n1. The van der Waals surface area contributed by atoms with Crippen LogP contribution in [0.4, 0.5) is 10.2 Å². The quantitative estimate of drug-likeness (QED) is 0.830. The molecule has 2 aromatic rings. The van der Waals surface area contributed by atoms with Gasteiger partial charge in [0.05, 0.1) is 5.02 Å². The molecule has 0 saturated carbocycles. The molecule has 0 unspecified atom stereocenters. The van der Waals surface area contributed by atoms with Gasteiger partial charge in [0, 0.05) is 17.3 Å². The standard InChI is InChI=1S/C11H9ClFN3/c1-6-4-10(14)16-11(15-6)7-2-3-9(13)8(12)5-7/h2-5H,1H3,(H2,14,15,16).